The van der Waals surface area contributed by atoms with Crippen LogP contribution >= 0.6 is 0 Å². The maximum atomic E-state index is 1.93. The van der Waals surface area contributed by atoms with Gasteiger partial charge in [0, 0.05) is 0 Å². The highest BCUT2D eigenvalue weighted by Gasteiger charge is 2.32. The third-order valence-electron chi connectivity index (χ3n) is 4.44. The molecule has 2 atom stereocenters. The maximum absolute atomic E-state index is 1.93. The fourth-order valence-corrected chi connectivity index (χ4v) is 3.86. The van der Waals surface area contributed by atoms with Gasteiger partial charge in [0.1, 0.15) is 0 Å². The summed E-state index contributed by atoms with van der Waals surface area (Å²) in [5, 5.41) is 0. The topological polar surface area (TPSA) is 0 Å². The van der Waals surface area contributed by atoms with Crippen molar-refractivity contribution in [3.63, 3.8) is 0 Å². The Morgan fingerprint density at radius 1 is 0.923 bits per heavy atom. The fraction of sp³-hybridized carbons (Fsp3) is 0.846. The van der Waals surface area contributed by atoms with Crippen LogP contribution in [0, 0.1) is 11.8 Å². The van der Waals surface area contributed by atoms with E-state index in [9.17, 15) is 0 Å². The van der Waals surface area contributed by atoms with Crippen LogP contribution in [-0.4, -0.2) is 0 Å². The summed E-state index contributed by atoms with van der Waals surface area (Å²) < 4.78 is 0. The average molecular weight is 176 g/mol. The van der Waals surface area contributed by atoms with Crippen LogP contribution < -0.4 is 0 Å². The zero-order chi connectivity index (χ0) is 8.67. The molecule has 0 spiro atoms. The van der Waals surface area contributed by atoms with E-state index in [4.69, 9.17) is 0 Å². The number of rotatable bonds is 0. The van der Waals surface area contributed by atoms with Crippen LogP contribution in [0.2, 0.25) is 0 Å². The van der Waals surface area contributed by atoms with Crippen molar-refractivity contribution in [2.45, 2.75) is 57.8 Å². The molecular weight excluding hydrogens is 156 g/mol. The minimum absolute atomic E-state index is 1.04. The molecule has 3 rings (SSSR count). The molecule has 0 aromatic heterocycles. The van der Waals surface area contributed by atoms with E-state index < -0.39 is 0 Å². The van der Waals surface area contributed by atoms with Gasteiger partial charge in [-0.1, -0.05) is 24.0 Å². The lowest BCUT2D eigenvalue weighted by Gasteiger charge is -2.40. The van der Waals surface area contributed by atoms with E-state index in [-0.39, 0.29) is 0 Å². The number of hydrogen-bond donors (Lipinski definition) is 0. The van der Waals surface area contributed by atoms with Gasteiger partial charge in [-0.05, 0) is 56.8 Å². The third-order valence-corrected chi connectivity index (χ3v) is 4.44. The van der Waals surface area contributed by atoms with Gasteiger partial charge in [-0.2, -0.15) is 0 Å². The van der Waals surface area contributed by atoms with Gasteiger partial charge in [-0.3, -0.25) is 0 Å². The summed E-state index contributed by atoms with van der Waals surface area (Å²) in [5.74, 6) is 2.14. The van der Waals surface area contributed by atoms with Crippen LogP contribution in [0.15, 0.2) is 11.1 Å². The summed E-state index contributed by atoms with van der Waals surface area (Å²) in [6, 6.07) is 0. The molecular formula is C13H20. The molecule has 0 unspecified atom stereocenters. The van der Waals surface area contributed by atoms with Gasteiger partial charge in [-0.25, -0.2) is 0 Å². The number of allylic oxidation sites excluding steroid dienone is 2. The molecule has 0 heteroatoms. The predicted molar refractivity (Wildman–Crippen MR) is 55.6 cm³/mol. The monoisotopic (exact) mass is 176 g/mol. The van der Waals surface area contributed by atoms with E-state index in [1.165, 1.54) is 51.4 Å². The summed E-state index contributed by atoms with van der Waals surface area (Å²) in [4.78, 5) is 0. The van der Waals surface area contributed by atoms with Crippen LogP contribution in [0.5, 0.6) is 0 Å². The van der Waals surface area contributed by atoms with Gasteiger partial charge in [0.2, 0.25) is 0 Å². The lowest BCUT2D eigenvalue weighted by atomic mass is 9.66. The first kappa shape index (κ1) is 8.08. The molecule has 0 aromatic rings. The smallest absolute Gasteiger partial charge is 0.0198 e. The van der Waals surface area contributed by atoms with Crippen LogP contribution in [-0.2, 0) is 0 Å². The van der Waals surface area contributed by atoms with Gasteiger partial charge < -0.3 is 0 Å². The van der Waals surface area contributed by atoms with E-state index in [0.29, 0.717) is 0 Å². The Kier molecular flexibility index (Phi) is 1.96. The van der Waals surface area contributed by atoms with E-state index in [1.54, 1.807) is 6.42 Å². The van der Waals surface area contributed by atoms with Gasteiger partial charge >= 0.3 is 0 Å². The quantitative estimate of drug-likeness (QED) is 0.488. The Morgan fingerprint density at radius 2 is 1.85 bits per heavy atom. The molecule has 0 aromatic carbocycles. The Morgan fingerprint density at radius 3 is 2.85 bits per heavy atom. The van der Waals surface area contributed by atoms with Crippen LogP contribution in [0.3, 0.4) is 0 Å². The van der Waals surface area contributed by atoms with Gasteiger partial charge in [0.05, 0.1) is 0 Å². The molecule has 3 aliphatic rings. The van der Waals surface area contributed by atoms with Crippen molar-refractivity contribution >= 4 is 0 Å². The zero-order valence-electron chi connectivity index (χ0n) is 8.52. The van der Waals surface area contributed by atoms with Gasteiger partial charge in [0.25, 0.3) is 0 Å². The van der Waals surface area contributed by atoms with E-state index in [0.717, 1.165) is 11.8 Å². The first-order valence-corrected chi connectivity index (χ1v) is 6.14. The molecule has 0 radical (unpaired) electrons. The highest BCUT2D eigenvalue weighted by molar-refractivity contribution is 5.24. The molecule has 0 N–H and O–H groups in total. The Bertz CT molecular complexity index is 236. The summed E-state index contributed by atoms with van der Waals surface area (Å²) in [6.07, 6.45) is 13.5. The van der Waals surface area contributed by atoms with Crippen molar-refractivity contribution in [1.29, 1.82) is 0 Å². The van der Waals surface area contributed by atoms with Crippen LogP contribution in [0.25, 0.3) is 0 Å². The zero-order valence-corrected chi connectivity index (χ0v) is 8.52. The van der Waals surface area contributed by atoms with Crippen molar-refractivity contribution in [2.75, 3.05) is 0 Å². The predicted octanol–water partition coefficient (Wildman–Crippen LogP) is 4.07. The molecule has 0 nitrogen and oxygen atoms in total. The first-order chi connectivity index (χ1) is 6.43. The molecule has 13 heavy (non-hydrogen) atoms. The standard InChI is InChI=1S/C13H20/c1-2-7-13-11(5-1)8-10-4-3-6-12(13)9-10/h10,12H,1-9H2/t10-,12-/m1/s1. The Balaban J connectivity index is 1.91. The molecule has 1 saturated carbocycles. The largest absolute Gasteiger partial charge is 0.0705 e. The van der Waals surface area contributed by atoms with E-state index >= 15 is 0 Å². The minimum atomic E-state index is 1.04. The third kappa shape index (κ3) is 1.35. The Labute approximate surface area is 81.4 Å². The molecule has 0 heterocycles. The fourth-order valence-electron chi connectivity index (χ4n) is 3.86. The lowest BCUT2D eigenvalue weighted by Crippen LogP contribution is -2.25. The van der Waals surface area contributed by atoms with Crippen molar-refractivity contribution < 1.29 is 0 Å². The van der Waals surface area contributed by atoms with Gasteiger partial charge in [-0.15, -0.1) is 0 Å². The van der Waals surface area contributed by atoms with E-state index in [2.05, 4.69) is 0 Å². The summed E-state index contributed by atoms with van der Waals surface area (Å²) in [6.45, 7) is 0. The van der Waals surface area contributed by atoms with Crippen molar-refractivity contribution in [2.24, 2.45) is 11.8 Å². The first-order valence-electron chi connectivity index (χ1n) is 6.14. The summed E-state index contributed by atoms with van der Waals surface area (Å²) in [5.41, 5.74) is 3.84. The molecule has 0 saturated heterocycles. The molecule has 72 valence electrons. The molecule has 2 bridgehead atoms. The molecule has 0 amide bonds. The maximum Gasteiger partial charge on any atom is -0.0198 e. The minimum Gasteiger partial charge on any atom is -0.0705 e. The van der Waals surface area contributed by atoms with Crippen LogP contribution in [0.4, 0.5) is 0 Å². The second-order valence-corrected chi connectivity index (χ2v) is 5.27. The van der Waals surface area contributed by atoms with E-state index in [1.807, 2.05) is 11.1 Å². The normalized spacial score (nSPS) is 38.8. The second-order valence-electron chi connectivity index (χ2n) is 5.27. The van der Waals surface area contributed by atoms with Gasteiger partial charge in [0.15, 0.2) is 0 Å². The SMILES string of the molecule is C1CCC2=C(C1)C[C@H]1CCC[C@@H]2C1. The summed E-state index contributed by atoms with van der Waals surface area (Å²) in [7, 11) is 0. The van der Waals surface area contributed by atoms with Crippen molar-refractivity contribution in [3.8, 4) is 0 Å². The summed E-state index contributed by atoms with van der Waals surface area (Å²) >= 11 is 0. The second kappa shape index (κ2) is 3.15. The highest BCUT2D eigenvalue weighted by Crippen LogP contribution is 2.47. The number of fused-ring (bicyclic) bond motifs is 3. The van der Waals surface area contributed by atoms with Crippen LogP contribution in [0.1, 0.15) is 57.8 Å². The Hall–Kier alpha value is -0.260. The van der Waals surface area contributed by atoms with Crippen molar-refractivity contribution in [1.82, 2.24) is 0 Å². The molecule has 3 aliphatic carbocycles. The van der Waals surface area contributed by atoms with Crippen molar-refractivity contribution in [3.05, 3.63) is 11.1 Å². The number of hydrogen-bond acceptors (Lipinski definition) is 0. The highest BCUT2D eigenvalue weighted by atomic mass is 14.4. The average Bonchev–Trinajstić information content (AvgIpc) is 2.18. The molecule has 0 aliphatic heterocycles. The molecule has 1 fully saturated rings. The lowest BCUT2D eigenvalue weighted by molar-refractivity contribution is 0.256.